The Morgan fingerprint density at radius 2 is 1.68 bits per heavy atom. The highest BCUT2D eigenvalue weighted by molar-refractivity contribution is 5.87. The number of likely N-dealkylation sites (tertiary alicyclic amines) is 2. The Morgan fingerprint density at radius 1 is 0.977 bits per heavy atom. The summed E-state index contributed by atoms with van der Waals surface area (Å²) in [5, 5.41) is 8.74. The summed E-state index contributed by atoms with van der Waals surface area (Å²) in [6.07, 6.45) is -2.37. The van der Waals surface area contributed by atoms with Gasteiger partial charge >= 0.3 is 12.3 Å². The number of nitrogens with zero attached hydrogens (tertiary/aromatic N) is 5. The van der Waals surface area contributed by atoms with Gasteiger partial charge in [0.2, 0.25) is 5.91 Å². The Labute approximate surface area is 254 Å². The van der Waals surface area contributed by atoms with Crippen molar-refractivity contribution in [3.05, 3.63) is 65.4 Å². The van der Waals surface area contributed by atoms with Gasteiger partial charge in [-0.2, -0.15) is 13.2 Å². The van der Waals surface area contributed by atoms with E-state index in [1.807, 2.05) is 32.0 Å². The topological polar surface area (TPSA) is 89.8 Å². The molecule has 9 nitrogen and oxygen atoms in total. The van der Waals surface area contributed by atoms with Gasteiger partial charge in [0.1, 0.15) is 23.1 Å². The van der Waals surface area contributed by atoms with E-state index < -0.39 is 35.5 Å². The molecule has 0 spiro atoms. The molecular formula is C32H38F3N5O4. The second-order valence-electron chi connectivity index (χ2n) is 12.8. The average molecular weight is 614 g/mol. The van der Waals surface area contributed by atoms with Crippen LogP contribution in [0.25, 0.3) is 11.3 Å². The number of rotatable bonds is 5. The second-order valence-corrected chi connectivity index (χ2v) is 12.8. The molecule has 1 aromatic heterocycles. The van der Waals surface area contributed by atoms with Crippen LogP contribution < -0.4 is 4.74 Å². The molecular weight excluding hydrogens is 575 g/mol. The molecule has 0 aliphatic carbocycles. The number of aryl methyl sites for hydroxylation is 1. The van der Waals surface area contributed by atoms with Gasteiger partial charge in [-0.25, -0.2) is 9.48 Å². The second kappa shape index (κ2) is 11.8. The highest BCUT2D eigenvalue weighted by Gasteiger charge is 2.47. The van der Waals surface area contributed by atoms with Crippen molar-refractivity contribution in [2.24, 2.45) is 5.92 Å². The molecule has 3 heterocycles. The maximum absolute atomic E-state index is 14.2. The van der Waals surface area contributed by atoms with Crippen molar-refractivity contribution in [2.75, 3.05) is 20.2 Å². The Hall–Kier alpha value is -4.09. The fourth-order valence-electron chi connectivity index (χ4n) is 6.04. The third-order valence-corrected chi connectivity index (χ3v) is 8.21. The summed E-state index contributed by atoms with van der Waals surface area (Å²) >= 11 is 0. The monoisotopic (exact) mass is 613 g/mol. The van der Waals surface area contributed by atoms with Crippen molar-refractivity contribution in [3.8, 4) is 17.0 Å². The largest absolute Gasteiger partial charge is 0.497 e. The minimum absolute atomic E-state index is 0.127. The predicted molar refractivity (Wildman–Crippen MR) is 157 cm³/mol. The van der Waals surface area contributed by atoms with Crippen molar-refractivity contribution < 1.29 is 32.2 Å². The fraction of sp³-hybridized carbons (Fsp3) is 0.500. The Morgan fingerprint density at radius 3 is 2.32 bits per heavy atom. The van der Waals surface area contributed by atoms with E-state index in [0.29, 0.717) is 30.0 Å². The van der Waals surface area contributed by atoms with Gasteiger partial charge in [-0.05, 0) is 75.4 Å². The van der Waals surface area contributed by atoms with E-state index in [4.69, 9.17) is 9.47 Å². The molecule has 4 atom stereocenters. The van der Waals surface area contributed by atoms with Crippen LogP contribution in [-0.2, 0) is 15.7 Å². The van der Waals surface area contributed by atoms with E-state index in [2.05, 4.69) is 10.3 Å². The molecule has 0 N–H and O–H groups in total. The van der Waals surface area contributed by atoms with Crippen LogP contribution in [0, 0.1) is 12.8 Å². The highest BCUT2D eigenvalue weighted by Crippen LogP contribution is 2.40. The van der Waals surface area contributed by atoms with Crippen molar-refractivity contribution in [1.29, 1.82) is 0 Å². The molecule has 0 radical (unpaired) electrons. The van der Waals surface area contributed by atoms with Crippen LogP contribution in [0.4, 0.5) is 18.0 Å². The van der Waals surface area contributed by atoms with Gasteiger partial charge in [0.25, 0.3) is 0 Å². The zero-order chi connectivity index (χ0) is 32.0. The summed E-state index contributed by atoms with van der Waals surface area (Å²) < 4.78 is 52.3. The number of ether oxygens (including phenoxy) is 2. The number of hydrogen-bond donors (Lipinski definition) is 0. The molecule has 0 saturated carbocycles. The molecule has 2 fully saturated rings. The maximum Gasteiger partial charge on any atom is 0.416 e. The summed E-state index contributed by atoms with van der Waals surface area (Å²) in [7, 11) is 1.59. The van der Waals surface area contributed by atoms with Crippen molar-refractivity contribution >= 4 is 12.0 Å². The lowest BCUT2D eigenvalue weighted by molar-refractivity contribution is -0.138. The smallest absolute Gasteiger partial charge is 0.416 e. The summed E-state index contributed by atoms with van der Waals surface area (Å²) in [4.78, 5) is 30.8. The van der Waals surface area contributed by atoms with Crippen LogP contribution in [0.3, 0.4) is 0 Å². The van der Waals surface area contributed by atoms with E-state index >= 15 is 0 Å². The molecule has 2 aliphatic rings. The van der Waals surface area contributed by atoms with Gasteiger partial charge in [-0.3, -0.25) is 9.69 Å². The zero-order valence-electron chi connectivity index (χ0n) is 25.8. The number of methoxy groups -OCH3 is 1. The van der Waals surface area contributed by atoms with Gasteiger partial charge in [-0.1, -0.05) is 30.3 Å². The van der Waals surface area contributed by atoms with Crippen LogP contribution in [0.15, 0.2) is 48.7 Å². The predicted octanol–water partition coefficient (Wildman–Crippen LogP) is 6.44. The Kier molecular flexibility index (Phi) is 8.39. The zero-order valence-corrected chi connectivity index (χ0v) is 25.8. The number of carbonyl (C=O) groups is 2. The third kappa shape index (κ3) is 6.53. The summed E-state index contributed by atoms with van der Waals surface area (Å²) in [5.41, 5.74) is 1.59. The SMILES string of the molecule is COc1ccc(C)c(-c2cn(C3C[C@H](C(=O)N4CC(C)CC4c4ccc(C(F)(F)F)cc4)N(C(=O)OC(C)(C)C)C3)nn2)c1. The van der Waals surface area contributed by atoms with Crippen molar-refractivity contribution in [1.82, 2.24) is 24.8 Å². The Balaban J connectivity index is 1.43. The molecule has 2 aliphatic heterocycles. The van der Waals surface area contributed by atoms with Crippen molar-refractivity contribution in [3.63, 3.8) is 0 Å². The molecule has 2 saturated heterocycles. The van der Waals surface area contributed by atoms with Gasteiger partial charge < -0.3 is 14.4 Å². The van der Waals surface area contributed by atoms with Crippen LogP contribution in [0.5, 0.6) is 5.75 Å². The van der Waals surface area contributed by atoms with Gasteiger partial charge in [0.15, 0.2) is 0 Å². The van der Waals surface area contributed by atoms with Crippen LogP contribution >= 0.6 is 0 Å². The van der Waals surface area contributed by atoms with E-state index in [1.165, 1.54) is 17.0 Å². The van der Waals surface area contributed by atoms with Crippen LogP contribution in [0.2, 0.25) is 0 Å². The lowest BCUT2D eigenvalue weighted by Crippen LogP contribution is -2.49. The summed E-state index contributed by atoms with van der Waals surface area (Å²) in [6, 6.07) is 9.05. The number of hydrogen-bond acceptors (Lipinski definition) is 6. The van der Waals surface area contributed by atoms with Crippen molar-refractivity contribution in [2.45, 2.75) is 77.4 Å². The third-order valence-electron chi connectivity index (χ3n) is 8.21. The molecule has 5 rings (SSSR count). The summed E-state index contributed by atoms with van der Waals surface area (Å²) in [5.74, 6) is 0.546. The quantitative estimate of drug-likeness (QED) is 0.329. The van der Waals surface area contributed by atoms with E-state index in [-0.39, 0.29) is 30.8 Å². The molecule has 236 valence electrons. The standard InChI is InChI=1S/C32H38F3N5O4/c1-19-13-27(21-8-10-22(11-9-21)32(33,34)35)38(16-19)29(41)28-14-23(17-39(28)30(42)44-31(3,4)5)40-18-26(36-37-40)25-15-24(43-6)12-7-20(25)2/h7-12,15,18-19,23,27-28H,13-14,16-17H2,1-6H3/t19?,23?,27?,28-/m1/s1. The normalized spacial score (nSPS) is 22.4. The number of amides is 2. The van der Waals surface area contributed by atoms with Crippen LogP contribution in [-0.4, -0.2) is 68.6 Å². The molecule has 3 unspecified atom stereocenters. The van der Waals surface area contributed by atoms with Gasteiger partial charge in [0, 0.05) is 25.1 Å². The molecule has 2 amide bonds. The lowest BCUT2D eigenvalue weighted by atomic mass is 9.99. The average Bonchev–Trinajstić information content (AvgIpc) is 3.70. The molecule has 12 heteroatoms. The lowest BCUT2D eigenvalue weighted by Gasteiger charge is -2.32. The first-order valence-electron chi connectivity index (χ1n) is 14.7. The first-order chi connectivity index (χ1) is 20.6. The number of aromatic nitrogens is 3. The highest BCUT2D eigenvalue weighted by atomic mass is 19.4. The van der Waals surface area contributed by atoms with E-state index in [1.54, 1.807) is 43.7 Å². The number of benzene rings is 2. The van der Waals surface area contributed by atoms with E-state index in [0.717, 1.165) is 23.3 Å². The molecule has 2 aromatic carbocycles. The number of alkyl halides is 3. The molecule has 44 heavy (non-hydrogen) atoms. The summed E-state index contributed by atoms with van der Waals surface area (Å²) in [6.45, 7) is 9.86. The van der Waals surface area contributed by atoms with Gasteiger partial charge in [0.05, 0.1) is 31.0 Å². The van der Waals surface area contributed by atoms with Gasteiger partial charge in [-0.15, -0.1) is 5.10 Å². The van der Waals surface area contributed by atoms with Crippen LogP contribution in [0.1, 0.15) is 69.3 Å². The van der Waals surface area contributed by atoms with E-state index in [9.17, 15) is 22.8 Å². The first-order valence-corrected chi connectivity index (χ1v) is 14.7. The maximum atomic E-state index is 14.2. The minimum Gasteiger partial charge on any atom is -0.497 e. The fourth-order valence-corrected chi connectivity index (χ4v) is 6.04. The Bertz CT molecular complexity index is 1520. The molecule has 0 bridgehead atoms. The first kappa shape index (κ1) is 31.3. The molecule has 3 aromatic rings. The number of carbonyl (C=O) groups excluding carboxylic acids is 2. The number of halogens is 3. The minimum atomic E-state index is -4.45.